The van der Waals surface area contributed by atoms with E-state index in [2.05, 4.69) is 0 Å². The molecule has 46 heavy (non-hydrogen) atoms. The van der Waals surface area contributed by atoms with Crippen LogP contribution in [-0.4, -0.2) is 109 Å². The Balaban J connectivity index is 1.36. The van der Waals surface area contributed by atoms with Crippen LogP contribution in [0.3, 0.4) is 0 Å². The molecule has 13 nitrogen and oxygen atoms in total. The number of rotatable bonds is 2. The molecule has 0 radical (unpaired) electrons. The van der Waals surface area contributed by atoms with Gasteiger partial charge in [-0.25, -0.2) is 4.79 Å². The number of ether oxygens (including phenoxy) is 5. The molecule has 5 aliphatic carbocycles. The number of carbonyl (C=O) groups is 3. The molecule has 8 fully saturated rings. The number of aliphatic hydroxyl groups excluding tert-OH is 3. The Morgan fingerprint density at radius 1 is 0.870 bits per heavy atom. The van der Waals surface area contributed by atoms with Gasteiger partial charge in [0.2, 0.25) is 0 Å². The molecular weight excluding hydrogens is 604 g/mol. The number of epoxide rings is 2. The van der Waals surface area contributed by atoms with Gasteiger partial charge in [-0.3, -0.25) is 9.59 Å². The third-order valence-corrected chi connectivity index (χ3v) is 14.9. The Kier molecular flexibility index (Phi) is 6.03. The lowest BCUT2D eigenvalue weighted by Crippen LogP contribution is -2.80. The highest BCUT2D eigenvalue weighted by Gasteiger charge is 2.93. The zero-order chi connectivity index (χ0) is 33.5. The van der Waals surface area contributed by atoms with Gasteiger partial charge in [0.25, 0.3) is 5.79 Å². The summed E-state index contributed by atoms with van der Waals surface area (Å²) < 4.78 is 29.9. The van der Waals surface area contributed by atoms with Crippen LogP contribution in [0, 0.1) is 51.8 Å². The third-order valence-electron chi connectivity index (χ3n) is 14.9. The van der Waals surface area contributed by atoms with Crippen molar-refractivity contribution in [3.05, 3.63) is 0 Å². The van der Waals surface area contributed by atoms with E-state index >= 15 is 0 Å². The first-order valence-electron chi connectivity index (χ1n) is 16.6. The highest BCUT2D eigenvalue weighted by Crippen LogP contribution is 2.79. The molecule has 1 spiro atoms. The predicted molar refractivity (Wildman–Crippen MR) is 152 cm³/mol. The van der Waals surface area contributed by atoms with Crippen molar-refractivity contribution in [1.82, 2.24) is 0 Å². The molecule has 0 aromatic heterocycles. The van der Waals surface area contributed by atoms with Crippen molar-refractivity contribution >= 4 is 17.9 Å². The van der Waals surface area contributed by atoms with E-state index in [4.69, 9.17) is 23.7 Å². The van der Waals surface area contributed by atoms with E-state index in [0.29, 0.717) is 12.8 Å². The number of hydrogen-bond acceptors (Lipinski definition) is 13. The van der Waals surface area contributed by atoms with Crippen LogP contribution in [0.15, 0.2) is 0 Å². The van der Waals surface area contributed by atoms with E-state index in [-0.39, 0.29) is 18.4 Å². The largest absolute Gasteiger partial charge is 0.458 e. The highest BCUT2D eigenvalue weighted by atomic mass is 16.8. The Labute approximate surface area is 266 Å². The molecule has 0 bridgehead atoms. The van der Waals surface area contributed by atoms with Gasteiger partial charge in [-0.2, -0.15) is 0 Å². The average molecular weight is 651 g/mol. The van der Waals surface area contributed by atoms with Crippen LogP contribution in [0.25, 0.3) is 0 Å². The van der Waals surface area contributed by atoms with Crippen molar-refractivity contribution in [2.45, 2.75) is 134 Å². The summed E-state index contributed by atoms with van der Waals surface area (Å²) in [5.74, 6) is -8.21. The van der Waals surface area contributed by atoms with Crippen LogP contribution in [0.5, 0.6) is 0 Å². The third kappa shape index (κ3) is 3.25. The molecule has 20 atom stereocenters. The monoisotopic (exact) mass is 650 g/mol. The second kappa shape index (κ2) is 8.83. The Hall–Kier alpha value is -1.87. The fraction of sp³-hybridized carbons (Fsp3) is 0.909. The minimum Gasteiger partial charge on any atom is -0.458 e. The zero-order valence-electron chi connectivity index (χ0n) is 27.2. The SMILES string of the molecule is CC(=O)O[C@H]1C2C([C@@H]3[C@@H](O)CC4[C@H]([C@](C)(O)[C@H]5O[C@]56OC(=O)[C@@](C)(O)[C@]46C)[C@@]3(C)[C@H]1OC(C)=O)[C@@H](O)C[C@H]1C[C@@H]3O[C@@H]3[C@H](O)[C@]21C. The first-order chi connectivity index (χ1) is 21.2. The molecule has 3 heterocycles. The molecule has 5 saturated carbocycles. The van der Waals surface area contributed by atoms with Gasteiger partial charge in [0, 0.05) is 36.5 Å². The number of aliphatic hydroxyl groups is 5. The van der Waals surface area contributed by atoms with E-state index in [0.717, 1.165) is 0 Å². The quantitative estimate of drug-likeness (QED) is 0.150. The van der Waals surface area contributed by atoms with Gasteiger partial charge in [0.05, 0.1) is 35.4 Å². The molecular formula is C33H46O13. The minimum absolute atomic E-state index is 0.000334. The maximum atomic E-state index is 13.2. The zero-order valence-corrected chi connectivity index (χ0v) is 27.2. The summed E-state index contributed by atoms with van der Waals surface area (Å²) in [4.78, 5) is 39.1. The fourth-order valence-electron chi connectivity index (χ4n) is 13.0. The fourth-order valence-corrected chi connectivity index (χ4v) is 13.0. The molecule has 8 rings (SSSR count). The molecule has 256 valence electrons. The van der Waals surface area contributed by atoms with Gasteiger partial charge in [-0.1, -0.05) is 13.8 Å². The molecule has 13 heteroatoms. The maximum absolute atomic E-state index is 13.2. The number of carbonyl (C=O) groups excluding carboxylic acids is 3. The summed E-state index contributed by atoms with van der Waals surface area (Å²) in [5, 5.41) is 60.5. The summed E-state index contributed by atoms with van der Waals surface area (Å²) >= 11 is 0. The summed E-state index contributed by atoms with van der Waals surface area (Å²) in [7, 11) is 0. The molecule has 3 aliphatic heterocycles. The van der Waals surface area contributed by atoms with Gasteiger partial charge >= 0.3 is 17.9 Å². The minimum atomic E-state index is -2.06. The van der Waals surface area contributed by atoms with Crippen molar-refractivity contribution in [2.24, 2.45) is 51.8 Å². The molecule has 3 saturated heterocycles. The average Bonchev–Trinajstić information content (AvgIpc) is 3.85. The van der Waals surface area contributed by atoms with E-state index in [1.807, 2.05) is 6.92 Å². The Bertz CT molecular complexity index is 1410. The maximum Gasteiger partial charge on any atom is 0.341 e. The van der Waals surface area contributed by atoms with Crippen molar-refractivity contribution in [3.8, 4) is 0 Å². The van der Waals surface area contributed by atoms with Gasteiger partial charge in [0.1, 0.15) is 18.3 Å². The molecule has 3 unspecified atom stereocenters. The molecule has 5 N–H and O–H groups in total. The highest BCUT2D eigenvalue weighted by molar-refractivity contribution is 5.84. The summed E-state index contributed by atoms with van der Waals surface area (Å²) in [5.41, 5.74) is -7.63. The Morgan fingerprint density at radius 3 is 2.15 bits per heavy atom. The van der Waals surface area contributed by atoms with E-state index in [9.17, 15) is 39.9 Å². The second-order valence-corrected chi connectivity index (χ2v) is 16.7. The number of hydrogen-bond donors (Lipinski definition) is 5. The standard InChI is InChI=1S/C33H46O13/c1-11(34)42-22-20-18(15(36)8-13-9-17-21(44-17)24(38)28(13,20)3)19-16(37)10-14-23(29(19,4)25(22)43-12(2)35)30(5,40)26-33(45-26)31(14,6)32(7,41)27(39)46-33/h13-26,36-38,40-41H,8-10H2,1-7H3/t13-,14?,15-,16-,17-,18?,19-,20?,21-,22-,23-,24-,25-,26+,28-,29-,30-,31-,32+,33-/m0/s1. The topological polar surface area (TPSA) is 205 Å². The van der Waals surface area contributed by atoms with Crippen LogP contribution in [0.1, 0.15) is 67.7 Å². The summed E-state index contributed by atoms with van der Waals surface area (Å²) in [6, 6.07) is 0. The van der Waals surface area contributed by atoms with E-state index in [1.54, 1.807) is 20.8 Å². The molecule has 0 aromatic carbocycles. The van der Waals surface area contributed by atoms with Crippen molar-refractivity contribution in [1.29, 1.82) is 0 Å². The lowest BCUT2D eigenvalue weighted by atomic mass is 9.34. The summed E-state index contributed by atoms with van der Waals surface area (Å²) in [6.07, 6.45) is -6.33. The van der Waals surface area contributed by atoms with Crippen LogP contribution in [0.4, 0.5) is 0 Å². The molecule has 0 aromatic rings. The Morgan fingerprint density at radius 2 is 1.52 bits per heavy atom. The lowest BCUT2D eigenvalue weighted by Gasteiger charge is -2.72. The smallest absolute Gasteiger partial charge is 0.341 e. The molecule has 8 aliphatic rings. The number of fused-ring (bicyclic) bond motifs is 9. The second-order valence-electron chi connectivity index (χ2n) is 16.7. The molecule has 0 amide bonds. The van der Waals surface area contributed by atoms with Crippen LogP contribution >= 0.6 is 0 Å². The first-order valence-corrected chi connectivity index (χ1v) is 16.6. The van der Waals surface area contributed by atoms with Gasteiger partial charge in [0.15, 0.2) is 11.7 Å². The van der Waals surface area contributed by atoms with Crippen molar-refractivity contribution in [2.75, 3.05) is 0 Å². The normalized spacial score (nSPS) is 63.7. The van der Waals surface area contributed by atoms with Gasteiger partial charge < -0.3 is 49.2 Å². The lowest BCUT2D eigenvalue weighted by molar-refractivity contribution is -0.335. The first kappa shape index (κ1) is 31.4. The van der Waals surface area contributed by atoms with Crippen LogP contribution in [0.2, 0.25) is 0 Å². The van der Waals surface area contributed by atoms with Crippen molar-refractivity contribution < 1.29 is 63.6 Å². The van der Waals surface area contributed by atoms with Gasteiger partial charge in [-0.15, -0.1) is 0 Å². The predicted octanol–water partition coefficient (Wildman–Crippen LogP) is -0.192. The van der Waals surface area contributed by atoms with E-state index in [1.165, 1.54) is 20.8 Å². The van der Waals surface area contributed by atoms with Crippen LogP contribution < -0.4 is 0 Å². The van der Waals surface area contributed by atoms with Crippen molar-refractivity contribution in [3.63, 3.8) is 0 Å². The van der Waals surface area contributed by atoms with Gasteiger partial charge in [-0.05, 0) is 63.7 Å². The van der Waals surface area contributed by atoms with E-state index < -0.39 is 123 Å². The number of esters is 3. The van der Waals surface area contributed by atoms with Crippen LogP contribution in [-0.2, 0) is 38.1 Å². The summed E-state index contributed by atoms with van der Waals surface area (Å²) in [6.45, 7) is 10.7.